The van der Waals surface area contributed by atoms with Gasteiger partial charge in [0.25, 0.3) is 0 Å². The van der Waals surface area contributed by atoms with E-state index in [-0.39, 0.29) is 0 Å². The number of carboxylic acid groups (broad SMARTS) is 1. The smallest absolute Gasteiger partial charge is 0.326 e. The molecule has 2 rings (SSSR count). The third-order valence-electron chi connectivity index (χ3n) is 2.27. The molecule has 0 fully saturated rings. The Morgan fingerprint density at radius 2 is 2.50 bits per heavy atom. The first-order valence-corrected chi connectivity index (χ1v) is 5.95. The molecule has 0 bridgehead atoms. The number of carbonyl (C=O) groups is 1. The molecular weight excluding hydrogens is 256 g/mol. The monoisotopic (exact) mass is 268 g/mol. The third kappa shape index (κ3) is 2.63. The number of nitrogens with two attached hydrogens (primary N) is 1. The molecule has 2 aromatic rings. The Kier molecular flexibility index (Phi) is 3.53. The highest BCUT2D eigenvalue weighted by atomic mass is 32.1. The number of aromatic nitrogens is 4. The Bertz CT molecular complexity index is 525. The van der Waals surface area contributed by atoms with Gasteiger partial charge in [0.05, 0.1) is 12.2 Å². The summed E-state index contributed by atoms with van der Waals surface area (Å²) in [7, 11) is 1.83. The summed E-state index contributed by atoms with van der Waals surface area (Å²) in [6.07, 6.45) is 1.43. The average molecular weight is 268 g/mol. The van der Waals surface area contributed by atoms with Crippen LogP contribution in [-0.4, -0.2) is 38.3 Å². The second-order valence-electron chi connectivity index (χ2n) is 3.66. The topological polar surface area (TPSA) is 121 Å². The largest absolute Gasteiger partial charge is 0.480 e. The highest BCUT2D eigenvalue weighted by molar-refractivity contribution is 7.13. The molecule has 0 aliphatic heterocycles. The number of nitrogens with one attached hydrogen (secondary N) is 1. The molecule has 1 atom stereocenters. The van der Waals surface area contributed by atoms with E-state index in [1.807, 2.05) is 11.9 Å². The van der Waals surface area contributed by atoms with E-state index in [0.29, 0.717) is 23.2 Å². The van der Waals surface area contributed by atoms with E-state index in [1.54, 1.807) is 5.38 Å². The fraction of sp³-hybridized carbons (Fsp3) is 0.333. The summed E-state index contributed by atoms with van der Waals surface area (Å²) < 4.78 is 0. The number of hydrogen-bond donors (Lipinski definition) is 3. The molecule has 0 aliphatic carbocycles. The highest BCUT2D eigenvalue weighted by Gasteiger charge is 2.19. The van der Waals surface area contributed by atoms with Gasteiger partial charge in [0.1, 0.15) is 18.2 Å². The maximum absolute atomic E-state index is 10.7. The fourth-order valence-electron chi connectivity index (χ4n) is 1.32. The van der Waals surface area contributed by atoms with Crippen LogP contribution in [-0.2, 0) is 11.3 Å². The average Bonchev–Trinajstić information content (AvgIpc) is 2.97. The molecule has 0 amide bonds. The predicted octanol–water partition coefficient (Wildman–Crippen LogP) is -0.0180. The number of carboxylic acids is 1. The molecule has 18 heavy (non-hydrogen) atoms. The summed E-state index contributed by atoms with van der Waals surface area (Å²) in [4.78, 5) is 20.8. The van der Waals surface area contributed by atoms with E-state index in [1.165, 1.54) is 17.7 Å². The van der Waals surface area contributed by atoms with E-state index in [4.69, 9.17) is 10.8 Å². The molecule has 0 aromatic carbocycles. The molecule has 2 aromatic heterocycles. The lowest BCUT2D eigenvalue weighted by Gasteiger charge is -2.13. The summed E-state index contributed by atoms with van der Waals surface area (Å²) in [5, 5.41) is 17.6. The maximum Gasteiger partial charge on any atom is 0.326 e. The van der Waals surface area contributed by atoms with Crippen LogP contribution in [0.2, 0.25) is 0 Å². The zero-order valence-corrected chi connectivity index (χ0v) is 10.4. The Balaban J connectivity index is 2.07. The fourth-order valence-corrected chi connectivity index (χ4v) is 2.15. The van der Waals surface area contributed by atoms with Gasteiger partial charge in [0.15, 0.2) is 5.13 Å². The summed E-state index contributed by atoms with van der Waals surface area (Å²) >= 11 is 1.33. The van der Waals surface area contributed by atoms with Crippen molar-refractivity contribution in [2.45, 2.75) is 12.6 Å². The van der Waals surface area contributed by atoms with Crippen LogP contribution in [0.1, 0.15) is 17.6 Å². The van der Waals surface area contributed by atoms with Crippen molar-refractivity contribution in [2.75, 3.05) is 11.9 Å². The van der Waals surface area contributed by atoms with Crippen LogP contribution in [0, 0.1) is 0 Å². The molecule has 0 saturated carbocycles. The van der Waals surface area contributed by atoms with Gasteiger partial charge in [0.2, 0.25) is 0 Å². The Morgan fingerprint density at radius 3 is 3.11 bits per heavy atom. The lowest BCUT2D eigenvalue weighted by molar-refractivity contribution is -0.138. The van der Waals surface area contributed by atoms with Crippen LogP contribution in [0.15, 0.2) is 11.7 Å². The van der Waals surface area contributed by atoms with Gasteiger partial charge in [0, 0.05) is 12.4 Å². The highest BCUT2D eigenvalue weighted by Crippen LogP contribution is 2.23. The van der Waals surface area contributed by atoms with E-state index < -0.39 is 12.0 Å². The molecule has 8 nitrogen and oxygen atoms in total. The van der Waals surface area contributed by atoms with Gasteiger partial charge < -0.3 is 15.7 Å². The molecule has 1 unspecified atom stereocenters. The minimum absolute atomic E-state index is 0.354. The van der Waals surface area contributed by atoms with Crippen LogP contribution < -0.4 is 10.6 Å². The van der Waals surface area contributed by atoms with Crippen molar-refractivity contribution in [1.29, 1.82) is 0 Å². The molecule has 0 radical (unpaired) electrons. The number of hydrogen-bond acceptors (Lipinski definition) is 7. The zero-order valence-electron chi connectivity index (χ0n) is 9.57. The molecular formula is C9H12N6O2S. The van der Waals surface area contributed by atoms with Crippen molar-refractivity contribution in [3.05, 3.63) is 23.2 Å². The standard InChI is InChI=1S/C9H12N6O2S/c1-15(2-6-11-4-12-14-6)9-13-5(3-18-9)7(10)8(16)17/h3-4,7H,2,10H2,1H3,(H,16,17)(H,11,12,14). The Morgan fingerprint density at radius 1 is 1.72 bits per heavy atom. The van der Waals surface area contributed by atoms with Crippen molar-refractivity contribution in [2.24, 2.45) is 5.73 Å². The minimum atomic E-state index is -1.09. The number of H-pyrrole nitrogens is 1. The molecule has 96 valence electrons. The summed E-state index contributed by atoms with van der Waals surface area (Å²) in [5.74, 6) is -0.387. The number of nitrogens with zero attached hydrogens (tertiary/aromatic N) is 4. The van der Waals surface area contributed by atoms with E-state index in [0.717, 1.165) is 0 Å². The van der Waals surface area contributed by atoms with Gasteiger partial charge in [-0.3, -0.25) is 9.89 Å². The lowest BCUT2D eigenvalue weighted by Crippen LogP contribution is -2.22. The van der Waals surface area contributed by atoms with Gasteiger partial charge in [-0.05, 0) is 0 Å². The molecule has 2 heterocycles. The van der Waals surface area contributed by atoms with Gasteiger partial charge in [-0.25, -0.2) is 9.97 Å². The van der Waals surface area contributed by atoms with Gasteiger partial charge >= 0.3 is 5.97 Å². The van der Waals surface area contributed by atoms with E-state index in [9.17, 15) is 4.79 Å². The molecule has 0 spiro atoms. The van der Waals surface area contributed by atoms with Crippen molar-refractivity contribution >= 4 is 22.4 Å². The summed E-state index contributed by atoms with van der Waals surface area (Å²) in [6.45, 7) is 0.509. The van der Waals surface area contributed by atoms with Gasteiger partial charge in [-0.15, -0.1) is 11.3 Å². The second-order valence-corrected chi connectivity index (χ2v) is 4.50. The third-order valence-corrected chi connectivity index (χ3v) is 3.25. The number of aliphatic carboxylic acids is 1. The van der Waals surface area contributed by atoms with Crippen molar-refractivity contribution < 1.29 is 9.90 Å². The molecule has 4 N–H and O–H groups in total. The zero-order chi connectivity index (χ0) is 13.1. The molecule has 0 aliphatic rings. The van der Waals surface area contributed by atoms with Crippen molar-refractivity contribution in [3.63, 3.8) is 0 Å². The van der Waals surface area contributed by atoms with Gasteiger partial charge in [-0.1, -0.05) is 0 Å². The Hall–Kier alpha value is -2.00. The lowest BCUT2D eigenvalue weighted by atomic mass is 10.2. The molecule has 9 heteroatoms. The van der Waals surface area contributed by atoms with Crippen molar-refractivity contribution in [3.8, 4) is 0 Å². The van der Waals surface area contributed by atoms with Crippen LogP contribution >= 0.6 is 11.3 Å². The number of rotatable bonds is 5. The molecule has 0 saturated heterocycles. The quantitative estimate of drug-likeness (QED) is 0.696. The first-order valence-electron chi connectivity index (χ1n) is 5.07. The normalized spacial score (nSPS) is 12.3. The first kappa shape index (κ1) is 12.5. The van der Waals surface area contributed by atoms with Crippen LogP contribution in [0.25, 0.3) is 0 Å². The van der Waals surface area contributed by atoms with Crippen molar-refractivity contribution in [1.82, 2.24) is 20.2 Å². The van der Waals surface area contributed by atoms with E-state index in [2.05, 4.69) is 20.2 Å². The maximum atomic E-state index is 10.7. The number of anilines is 1. The van der Waals surface area contributed by atoms with Gasteiger partial charge in [-0.2, -0.15) is 5.10 Å². The minimum Gasteiger partial charge on any atom is -0.480 e. The van der Waals surface area contributed by atoms with Crippen LogP contribution in [0.5, 0.6) is 0 Å². The van der Waals surface area contributed by atoms with Crippen LogP contribution in [0.3, 0.4) is 0 Å². The number of thiazole rings is 1. The Labute approximate surface area is 106 Å². The SMILES string of the molecule is CN(Cc1ncn[nH]1)c1nc(C(N)C(=O)O)cs1. The summed E-state index contributed by atoms with van der Waals surface area (Å²) in [6, 6.07) is -1.09. The number of aromatic amines is 1. The van der Waals surface area contributed by atoms with Crippen LogP contribution in [0.4, 0.5) is 5.13 Å². The predicted molar refractivity (Wildman–Crippen MR) is 65.2 cm³/mol. The first-order chi connectivity index (χ1) is 8.58. The van der Waals surface area contributed by atoms with E-state index >= 15 is 0 Å². The second kappa shape index (κ2) is 5.10. The summed E-state index contributed by atoms with van der Waals surface area (Å²) in [5.41, 5.74) is 5.84.